The van der Waals surface area contributed by atoms with Gasteiger partial charge in [-0.25, -0.2) is 0 Å². The molecule has 0 saturated carbocycles. The summed E-state index contributed by atoms with van der Waals surface area (Å²) in [6.07, 6.45) is 4.49. The standard InChI is InChI=1S/C32H51NO4Si/c1-11-12-13-14-24(26-17-16-25(34)21-29(26)36-8)20-30(35)33-28-19-23(15-18-27(28)31(2,3)4)22-37-38(9,10)32(5,6)7/h15-19,21,24,34H,11-14,20,22H2,1-10H3,(H,33,35). The summed E-state index contributed by atoms with van der Waals surface area (Å²) in [5.74, 6) is 0.767. The first-order valence-electron chi connectivity index (χ1n) is 14.0. The van der Waals surface area contributed by atoms with E-state index >= 15 is 0 Å². The van der Waals surface area contributed by atoms with E-state index in [1.807, 2.05) is 6.07 Å². The lowest BCUT2D eigenvalue weighted by atomic mass is 9.85. The van der Waals surface area contributed by atoms with Crippen LogP contribution >= 0.6 is 0 Å². The average molecular weight is 542 g/mol. The smallest absolute Gasteiger partial charge is 0.224 e. The lowest BCUT2D eigenvalue weighted by Gasteiger charge is -2.36. The highest BCUT2D eigenvalue weighted by molar-refractivity contribution is 6.74. The number of benzene rings is 2. The molecule has 5 nitrogen and oxygen atoms in total. The summed E-state index contributed by atoms with van der Waals surface area (Å²) < 4.78 is 12.0. The summed E-state index contributed by atoms with van der Waals surface area (Å²) in [6.45, 7) is 20.5. The number of carbonyl (C=O) groups excluding carboxylic acids is 1. The zero-order valence-electron chi connectivity index (χ0n) is 25.5. The Morgan fingerprint density at radius 1 is 1.03 bits per heavy atom. The minimum absolute atomic E-state index is 0.000266. The fourth-order valence-electron chi connectivity index (χ4n) is 4.39. The van der Waals surface area contributed by atoms with Crippen LogP contribution in [-0.2, 0) is 21.2 Å². The van der Waals surface area contributed by atoms with E-state index in [4.69, 9.17) is 9.16 Å². The van der Waals surface area contributed by atoms with Gasteiger partial charge in [0.25, 0.3) is 0 Å². The van der Waals surface area contributed by atoms with Crippen molar-refractivity contribution in [3.05, 3.63) is 53.1 Å². The van der Waals surface area contributed by atoms with Gasteiger partial charge in [-0.1, -0.05) is 85.9 Å². The van der Waals surface area contributed by atoms with Gasteiger partial charge in [0.1, 0.15) is 11.5 Å². The summed E-state index contributed by atoms with van der Waals surface area (Å²) >= 11 is 0. The van der Waals surface area contributed by atoms with Crippen molar-refractivity contribution in [2.75, 3.05) is 12.4 Å². The van der Waals surface area contributed by atoms with Crippen molar-refractivity contribution in [3.8, 4) is 11.5 Å². The number of phenolic OH excluding ortho intramolecular Hbond substituents is 1. The van der Waals surface area contributed by atoms with Crippen LogP contribution in [0.1, 0.15) is 103 Å². The van der Waals surface area contributed by atoms with Gasteiger partial charge in [0.05, 0.1) is 13.7 Å². The van der Waals surface area contributed by atoms with E-state index in [0.29, 0.717) is 18.8 Å². The van der Waals surface area contributed by atoms with Gasteiger partial charge in [0.15, 0.2) is 8.32 Å². The summed E-state index contributed by atoms with van der Waals surface area (Å²) in [7, 11) is -0.287. The van der Waals surface area contributed by atoms with E-state index < -0.39 is 8.32 Å². The second kappa shape index (κ2) is 13.2. The third kappa shape index (κ3) is 8.87. The highest BCUT2D eigenvalue weighted by Crippen LogP contribution is 2.38. The van der Waals surface area contributed by atoms with Crippen molar-refractivity contribution in [1.29, 1.82) is 0 Å². The topological polar surface area (TPSA) is 67.8 Å². The summed E-state index contributed by atoms with van der Waals surface area (Å²) in [5.41, 5.74) is 3.86. The maximum absolute atomic E-state index is 13.5. The molecule has 0 saturated heterocycles. The van der Waals surface area contributed by atoms with Crippen LogP contribution in [-0.4, -0.2) is 26.4 Å². The lowest BCUT2D eigenvalue weighted by molar-refractivity contribution is -0.116. The second-order valence-corrected chi connectivity index (χ2v) is 17.9. The SMILES string of the molecule is CCCCCC(CC(=O)Nc1cc(CO[Si](C)(C)C(C)(C)C)ccc1C(C)(C)C)c1ccc(O)cc1OC. The molecule has 38 heavy (non-hydrogen) atoms. The van der Waals surface area contributed by atoms with Crippen molar-refractivity contribution in [2.45, 2.75) is 117 Å². The fraction of sp³-hybridized carbons (Fsp3) is 0.594. The first-order valence-corrected chi connectivity index (χ1v) is 16.9. The van der Waals surface area contributed by atoms with E-state index in [9.17, 15) is 9.90 Å². The van der Waals surface area contributed by atoms with Crippen LogP contribution in [0.15, 0.2) is 36.4 Å². The van der Waals surface area contributed by atoms with Gasteiger partial charge in [0.2, 0.25) is 5.91 Å². The normalized spacial score (nSPS) is 13.3. The molecule has 0 aliphatic carbocycles. The Labute approximate surface area is 232 Å². The summed E-state index contributed by atoms with van der Waals surface area (Å²) in [5, 5.41) is 13.3. The molecular weight excluding hydrogens is 490 g/mol. The zero-order chi connectivity index (χ0) is 28.7. The number of anilines is 1. The van der Waals surface area contributed by atoms with Crippen molar-refractivity contribution in [3.63, 3.8) is 0 Å². The molecule has 2 N–H and O–H groups in total. The number of unbranched alkanes of at least 4 members (excludes halogenated alkanes) is 2. The van der Waals surface area contributed by atoms with Crippen molar-refractivity contribution >= 4 is 19.9 Å². The molecule has 2 rings (SSSR count). The maximum Gasteiger partial charge on any atom is 0.224 e. The molecule has 0 aliphatic rings. The number of phenols is 1. The molecular formula is C32H51NO4Si. The summed E-state index contributed by atoms with van der Waals surface area (Å²) in [6, 6.07) is 11.5. The van der Waals surface area contributed by atoms with E-state index in [1.165, 1.54) is 0 Å². The first-order chi connectivity index (χ1) is 17.6. The quantitative estimate of drug-likeness (QED) is 0.208. The van der Waals surface area contributed by atoms with Gasteiger partial charge in [-0.05, 0) is 64.7 Å². The van der Waals surface area contributed by atoms with E-state index in [0.717, 1.165) is 48.1 Å². The minimum Gasteiger partial charge on any atom is -0.508 e. The van der Waals surface area contributed by atoms with Crippen LogP contribution in [0.4, 0.5) is 5.69 Å². The van der Waals surface area contributed by atoms with Crippen LogP contribution in [0.3, 0.4) is 0 Å². The molecule has 0 bridgehead atoms. The fourth-order valence-corrected chi connectivity index (χ4v) is 5.35. The molecule has 1 unspecified atom stereocenters. The molecule has 0 aromatic heterocycles. The molecule has 2 aromatic carbocycles. The Balaban J connectivity index is 2.31. The van der Waals surface area contributed by atoms with Gasteiger partial charge in [-0.3, -0.25) is 4.79 Å². The third-order valence-corrected chi connectivity index (χ3v) is 12.3. The van der Waals surface area contributed by atoms with Crippen LogP contribution in [0.5, 0.6) is 11.5 Å². The largest absolute Gasteiger partial charge is 0.508 e. The molecule has 0 heterocycles. The zero-order valence-corrected chi connectivity index (χ0v) is 26.5. The van der Waals surface area contributed by atoms with Gasteiger partial charge in [0, 0.05) is 18.2 Å². The van der Waals surface area contributed by atoms with Crippen LogP contribution in [0.25, 0.3) is 0 Å². The Morgan fingerprint density at radius 2 is 1.71 bits per heavy atom. The highest BCUT2D eigenvalue weighted by Gasteiger charge is 2.37. The van der Waals surface area contributed by atoms with Crippen LogP contribution in [0, 0.1) is 0 Å². The highest BCUT2D eigenvalue weighted by atomic mass is 28.4. The van der Waals surface area contributed by atoms with Crippen molar-refractivity contribution in [1.82, 2.24) is 0 Å². The second-order valence-electron chi connectivity index (χ2n) is 13.1. The number of nitrogens with one attached hydrogen (secondary N) is 1. The Hall–Kier alpha value is -2.31. The Morgan fingerprint density at radius 3 is 2.29 bits per heavy atom. The van der Waals surface area contributed by atoms with Crippen molar-refractivity contribution in [2.24, 2.45) is 0 Å². The molecule has 0 fully saturated rings. The van der Waals surface area contributed by atoms with Gasteiger partial charge in [-0.2, -0.15) is 0 Å². The predicted octanol–water partition coefficient (Wildman–Crippen LogP) is 8.91. The average Bonchev–Trinajstić information content (AvgIpc) is 2.81. The summed E-state index contributed by atoms with van der Waals surface area (Å²) in [4.78, 5) is 13.5. The number of carbonyl (C=O) groups is 1. The molecule has 6 heteroatoms. The van der Waals surface area contributed by atoms with Crippen LogP contribution < -0.4 is 10.1 Å². The number of methoxy groups -OCH3 is 1. The van der Waals surface area contributed by atoms with Gasteiger partial charge in [-0.15, -0.1) is 0 Å². The first kappa shape index (κ1) is 31.9. The van der Waals surface area contributed by atoms with E-state index in [2.05, 4.69) is 85.1 Å². The Bertz CT molecular complexity index is 1070. The number of hydrogen-bond donors (Lipinski definition) is 2. The Kier molecular flexibility index (Phi) is 11.0. The molecule has 0 spiro atoms. The number of hydrogen-bond acceptors (Lipinski definition) is 4. The van der Waals surface area contributed by atoms with Gasteiger partial charge < -0.3 is 19.6 Å². The number of rotatable bonds is 12. The molecule has 2 aromatic rings. The molecule has 212 valence electrons. The van der Waals surface area contributed by atoms with E-state index in [1.54, 1.807) is 19.2 Å². The number of aromatic hydroxyl groups is 1. The monoisotopic (exact) mass is 541 g/mol. The number of amides is 1. The van der Waals surface area contributed by atoms with Crippen molar-refractivity contribution < 1.29 is 19.1 Å². The maximum atomic E-state index is 13.5. The molecule has 1 amide bonds. The third-order valence-electron chi connectivity index (χ3n) is 7.82. The minimum atomic E-state index is -1.89. The number of ether oxygens (including phenoxy) is 1. The van der Waals surface area contributed by atoms with Gasteiger partial charge >= 0.3 is 0 Å². The van der Waals surface area contributed by atoms with E-state index in [-0.39, 0.29) is 28.0 Å². The molecule has 0 aliphatic heterocycles. The molecule has 0 radical (unpaired) electrons. The molecule has 1 atom stereocenters. The lowest BCUT2D eigenvalue weighted by Crippen LogP contribution is -2.40. The predicted molar refractivity (Wildman–Crippen MR) is 162 cm³/mol. The van der Waals surface area contributed by atoms with Crippen LogP contribution in [0.2, 0.25) is 18.1 Å².